The lowest BCUT2D eigenvalue weighted by atomic mass is 9.87. The summed E-state index contributed by atoms with van der Waals surface area (Å²) in [6, 6.07) is 14.8. The molecule has 0 radical (unpaired) electrons. The number of aryl methyl sites for hydroxylation is 1. The quantitative estimate of drug-likeness (QED) is 0.717. The molecule has 0 saturated heterocycles. The molecule has 0 amide bonds. The van der Waals surface area contributed by atoms with Crippen molar-refractivity contribution in [3.8, 4) is 11.4 Å². The molecular weight excluding hydrogens is 294 g/mol. The summed E-state index contributed by atoms with van der Waals surface area (Å²) in [5.74, 6) is 0. The van der Waals surface area contributed by atoms with Gasteiger partial charge in [-0.2, -0.15) is 5.10 Å². The second-order valence-corrected chi connectivity index (χ2v) is 7.12. The minimum absolute atomic E-state index is 0.187. The van der Waals surface area contributed by atoms with Crippen LogP contribution < -0.4 is 0 Å². The van der Waals surface area contributed by atoms with Gasteiger partial charge in [0.2, 0.25) is 0 Å². The molecule has 0 aliphatic carbocycles. The van der Waals surface area contributed by atoms with Gasteiger partial charge in [0.1, 0.15) is 5.69 Å². The summed E-state index contributed by atoms with van der Waals surface area (Å²) in [5.41, 5.74) is 6.59. The molecule has 3 nitrogen and oxygen atoms in total. The average molecular weight is 317 g/mol. The molecule has 24 heavy (non-hydrogen) atoms. The number of nitrogens with one attached hydrogen (secondary N) is 1. The molecule has 0 saturated carbocycles. The van der Waals surface area contributed by atoms with Gasteiger partial charge < -0.3 is 0 Å². The smallest absolute Gasteiger partial charge is 0.111 e. The summed E-state index contributed by atoms with van der Waals surface area (Å²) in [4.78, 5) is 4.49. The van der Waals surface area contributed by atoms with Crippen LogP contribution in [-0.4, -0.2) is 15.2 Å². The van der Waals surface area contributed by atoms with Gasteiger partial charge in [-0.15, -0.1) is 0 Å². The Kier molecular flexibility index (Phi) is 4.34. The summed E-state index contributed by atoms with van der Waals surface area (Å²) >= 11 is 0. The topological polar surface area (TPSA) is 41.6 Å². The Bertz CT molecular complexity index is 832. The molecule has 0 bridgehead atoms. The highest BCUT2D eigenvalue weighted by Gasteiger charge is 2.12. The lowest BCUT2D eigenvalue weighted by Crippen LogP contribution is -2.10. The van der Waals surface area contributed by atoms with Gasteiger partial charge in [-0.1, -0.05) is 63.3 Å². The highest BCUT2D eigenvalue weighted by molar-refractivity contribution is 5.70. The number of hydrogen-bond acceptors (Lipinski definition) is 2. The molecule has 2 aromatic heterocycles. The van der Waals surface area contributed by atoms with Gasteiger partial charge in [0.15, 0.2) is 0 Å². The molecule has 1 N–H and O–H groups in total. The zero-order chi connectivity index (χ0) is 17.2. The summed E-state index contributed by atoms with van der Waals surface area (Å²) in [7, 11) is 0. The predicted octanol–water partition coefficient (Wildman–Crippen LogP) is 5.25. The van der Waals surface area contributed by atoms with Gasteiger partial charge in [0, 0.05) is 11.9 Å². The fourth-order valence-corrected chi connectivity index (χ4v) is 2.49. The lowest BCUT2D eigenvalue weighted by molar-refractivity contribution is 0.590. The van der Waals surface area contributed by atoms with E-state index >= 15 is 0 Å². The molecule has 0 fully saturated rings. The number of benzene rings is 1. The molecule has 1 aromatic carbocycles. The Hall–Kier alpha value is -2.68. The fourth-order valence-electron chi connectivity index (χ4n) is 2.49. The van der Waals surface area contributed by atoms with Crippen molar-refractivity contribution < 1.29 is 0 Å². The Morgan fingerprint density at radius 1 is 0.875 bits per heavy atom. The van der Waals surface area contributed by atoms with E-state index in [1.165, 1.54) is 11.1 Å². The van der Waals surface area contributed by atoms with Crippen molar-refractivity contribution in [2.75, 3.05) is 0 Å². The standard InChI is InChI=1S/C21H23N3/c1-15-13-20(24-23-15)19-12-9-17(14-22-19)6-5-16-7-10-18(11-8-16)21(2,3)4/h5-14H,1-4H3,(H,23,24)/b6-5+. The predicted molar refractivity (Wildman–Crippen MR) is 101 cm³/mol. The van der Waals surface area contributed by atoms with E-state index in [0.29, 0.717) is 0 Å². The van der Waals surface area contributed by atoms with Crippen LogP contribution in [0.3, 0.4) is 0 Å². The first-order valence-corrected chi connectivity index (χ1v) is 8.19. The molecule has 0 atom stereocenters. The largest absolute Gasteiger partial charge is 0.282 e. The first-order chi connectivity index (χ1) is 11.4. The van der Waals surface area contributed by atoms with Crippen LogP contribution in [-0.2, 0) is 5.41 Å². The number of aromatic nitrogens is 3. The molecule has 3 aromatic rings. The molecule has 0 aliphatic rings. The van der Waals surface area contributed by atoms with E-state index in [0.717, 1.165) is 22.6 Å². The number of hydrogen-bond donors (Lipinski definition) is 1. The molecule has 122 valence electrons. The van der Waals surface area contributed by atoms with Gasteiger partial charge in [-0.3, -0.25) is 10.1 Å². The zero-order valence-electron chi connectivity index (χ0n) is 14.7. The van der Waals surface area contributed by atoms with Crippen LogP contribution in [0.2, 0.25) is 0 Å². The number of nitrogens with zero attached hydrogens (tertiary/aromatic N) is 2. The monoisotopic (exact) mass is 317 g/mol. The Labute approximate surface area is 143 Å². The molecule has 3 rings (SSSR count). The van der Waals surface area contributed by atoms with Crippen molar-refractivity contribution in [1.29, 1.82) is 0 Å². The van der Waals surface area contributed by atoms with Gasteiger partial charge in [0.25, 0.3) is 0 Å². The first-order valence-electron chi connectivity index (χ1n) is 8.19. The fraction of sp³-hybridized carbons (Fsp3) is 0.238. The summed E-state index contributed by atoms with van der Waals surface area (Å²) < 4.78 is 0. The van der Waals surface area contributed by atoms with E-state index in [2.05, 4.69) is 78.4 Å². The SMILES string of the molecule is Cc1cc(-c2ccc(/C=C/c3ccc(C(C)(C)C)cc3)cn2)n[nH]1. The van der Waals surface area contributed by atoms with Crippen molar-refractivity contribution in [2.24, 2.45) is 0 Å². The highest BCUT2D eigenvalue weighted by Crippen LogP contribution is 2.23. The third kappa shape index (κ3) is 3.80. The third-order valence-electron chi connectivity index (χ3n) is 4.00. The van der Waals surface area contributed by atoms with Gasteiger partial charge in [0.05, 0.1) is 5.69 Å². The first kappa shape index (κ1) is 16.2. The maximum Gasteiger partial charge on any atom is 0.111 e. The van der Waals surface area contributed by atoms with E-state index in [1.807, 2.05) is 25.3 Å². The highest BCUT2D eigenvalue weighted by atomic mass is 15.1. The van der Waals surface area contributed by atoms with Crippen molar-refractivity contribution in [3.05, 3.63) is 71.0 Å². The number of H-pyrrole nitrogens is 1. The summed E-state index contributed by atoms with van der Waals surface area (Å²) in [5, 5.41) is 7.17. The van der Waals surface area contributed by atoms with Crippen LogP contribution in [0.4, 0.5) is 0 Å². The second-order valence-electron chi connectivity index (χ2n) is 7.12. The lowest BCUT2D eigenvalue weighted by Gasteiger charge is -2.18. The zero-order valence-corrected chi connectivity index (χ0v) is 14.7. The summed E-state index contributed by atoms with van der Waals surface area (Å²) in [6.45, 7) is 8.67. The van der Waals surface area contributed by atoms with Gasteiger partial charge in [-0.25, -0.2) is 0 Å². The Balaban J connectivity index is 1.72. The molecule has 0 unspecified atom stereocenters. The van der Waals surface area contributed by atoms with Crippen LogP contribution in [0, 0.1) is 6.92 Å². The van der Waals surface area contributed by atoms with E-state index in [1.54, 1.807) is 0 Å². The van der Waals surface area contributed by atoms with Crippen LogP contribution in [0.15, 0.2) is 48.7 Å². The number of rotatable bonds is 3. The van der Waals surface area contributed by atoms with Crippen molar-refractivity contribution in [3.63, 3.8) is 0 Å². The normalized spacial score (nSPS) is 12.0. The minimum Gasteiger partial charge on any atom is -0.282 e. The van der Waals surface area contributed by atoms with E-state index in [-0.39, 0.29) is 5.41 Å². The average Bonchev–Trinajstić information content (AvgIpc) is 2.99. The Morgan fingerprint density at radius 3 is 2.08 bits per heavy atom. The van der Waals surface area contributed by atoms with E-state index < -0.39 is 0 Å². The Morgan fingerprint density at radius 2 is 1.54 bits per heavy atom. The third-order valence-corrected chi connectivity index (χ3v) is 4.00. The van der Waals surface area contributed by atoms with Gasteiger partial charge in [-0.05, 0) is 41.2 Å². The molecule has 2 heterocycles. The molecule has 0 aliphatic heterocycles. The summed E-state index contributed by atoms with van der Waals surface area (Å²) in [6.07, 6.45) is 6.07. The van der Waals surface area contributed by atoms with Crippen molar-refractivity contribution >= 4 is 12.2 Å². The maximum atomic E-state index is 4.49. The van der Waals surface area contributed by atoms with E-state index in [4.69, 9.17) is 0 Å². The van der Waals surface area contributed by atoms with Crippen molar-refractivity contribution in [1.82, 2.24) is 15.2 Å². The number of aromatic amines is 1. The van der Waals surface area contributed by atoms with Crippen LogP contribution in [0.25, 0.3) is 23.5 Å². The van der Waals surface area contributed by atoms with E-state index in [9.17, 15) is 0 Å². The molecule has 0 spiro atoms. The van der Waals surface area contributed by atoms with Crippen molar-refractivity contribution in [2.45, 2.75) is 33.1 Å². The second kappa shape index (κ2) is 6.44. The van der Waals surface area contributed by atoms with Crippen LogP contribution in [0.5, 0.6) is 0 Å². The molecular formula is C21H23N3. The number of pyridine rings is 1. The van der Waals surface area contributed by atoms with Gasteiger partial charge >= 0.3 is 0 Å². The maximum absolute atomic E-state index is 4.49. The minimum atomic E-state index is 0.187. The van der Waals surface area contributed by atoms with Crippen LogP contribution in [0.1, 0.15) is 43.2 Å². The van der Waals surface area contributed by atoms with Crippen LogP contribution >= 0.6 is 0 Å². The molecule has 3 heteroatoms.